The zero-order chi connectivity index (χ0) is 22.5. The number of para-hydroxylation sites is 1. The van der Waals surface area contributed by atoms with E-state index in [0.29, 0.717) is 18.1 Å². The van der Waals surface area contributed by atoms with Gasteiger partial charge < -0.3 is 19.9 Å². The van der Waals surface area contributed by atoms with Crippen molar-refractivity contribution in [2.75, 3.05) is 43.1 Å². The highest BCUT2D eigenvalue weighted by Gasteiger charge is 2.23. The summed E-state index contributed by atoms with van der Waals surface area (Å²) in [6, 6.07) is 16.2. The first-order valence-electron chi connectivity index (χ1n) is 10.9. The van der Waals surface area contributed by atoms with Crippen molar-refractivity contribution in [3.05, 3.63) is 77.0 Å². The third kappa shape index (κ3) is 4.66. The molecule has 1 amide bonds. The second kappa shape index (κ2) is 9.68. The average Bonchev–Trinajstić information content (AvgIpc) is 2.83. The Bertz CT molecular complexity index is 1060. The molecule has 3 aromatic rings. The molecular weight excluding hydrogens is 402 g/mol. The maximum absolute atomic E-state index is 12.7. The molecule has 0 spiro atoms. The number of hydrogen-bond acceptors (Lipinski definition) is 6. The number of piperazine rings is 1. The van der Waals surface area contributed by atoms with Gasteiger partial charge in [-0.15, -0.1) is 0 Å². The Labute approximate surface area is 189 Å². The quantitative estimate of drug-likeness (QED) is 0.645. The van der Waals surface area contributed by atoms with Gasteiger partial charge in [0.2, 0.25) is 11.8 Å². The summed E-state index contributed by atoms with van der Waals surface area (Å²) < 4.78 is 5.42. The molecule has 166 valence electrons. The molecule has 1 aromatic heterocycles. The van der Waals surface area contributed by atoms with E-state index >= 15 is 0 Å². The number of aryl methyl sites for hydroxylation is 2. The van der Waals surface area contributed by atoms with Gasteiger partial charge in [-0.2, -0.15) is 4.98 Å². The number of carbonyl (C=O) groups is 1. The highest BCUT2D eigenvalue weighted by molar-refractivity contribution is 5.96. The largest absolute Gasteiger partial charge is 0.480 e. The fraction of sp³-hybridized carbons (Fsp3) is 0.320. The molecule has 0 atom stereocenters. The number of amides is 1. The van der Waals surface area contributed by atoms with Crippen LogP contribution in [0.1, 0.15) is 27.0 Å². The summed E-state index contributed by atoms with van der Waals surface area (Å²) in [5.74, 6) is 0.623. The molecule has 0 bridgehead atoms. The van der Waals surface area contributed by atoms with Gasteiger partial charge in [0.1, 0.15) is 5.56 Å². The van der Waals surface area contributed by atoms with Crippen molar-refractivity contribution in [1.29, 1.82) is 0 Å². The number of nitrogens with zero attached hydrogens (tertiary/aromatic N) is 4. The lowest BCUT2D eigenvalue weighted by Gasteiger charge is -2.37. The second-order valence-corrected chi connectivity index (χ2v) is 7.98. The standard InChI is InChI=1S/C25H29N5O2/c1-18-8-7-9-19(2)22(18)29-12-14-30(15-13-29)25-27-17-21(24(28-25)32-3)23(31)26-16-20-10-5-4-6-11-20/h4-11,17H,12-16H2,1-3H3,(H,26,31). The summed E-state index contributed by atoms with van der Waals surface area (Å²) in [5, 5.41) is 2.90. The lowest BCUT2D eigenvalue weighted by Crippen LogP contribution is -2.47. The normalized spacial score (nSPS) is 13.7. The van der Waals surface area contributed by atoms with Crippen molar-refractivity contribution in [3.63, 3.8) is 0 Å². The van der Waals surface area contributed by atoms with Crippen molar-refractivity contribution in [2.45, 2.75) is 20.4 Å². The summed E-state index contributed by atoms with van der Waals surface area (Å²) in [6.07, 6.45) is 1.55. The first kappa shape index (κ1) is 21.6. The minimum atomic E-state index is -0.253. The molecule has 0 aliphatic carbocycles. The molecule has 1 saturated heterocycles. The second-order valence-electron chi connectivity index (χ2n) is 7.98. The monoisotopic (exact) mass is 431 g/mol. The van der Waals surface area contributed by atoms with Gasteiger partial charge in [0.15, 0.2) is 0 Å². The zero-order valence-corrected chi connectivity index (χ0v) is 18.8. The van der Waals surface area contributed by atoms with Crippen molar-refractivity contribution in [1.82, 2.24) is 15.3 Å². The number of ether oxygens (including phenoxy) is 1. The molecule has 0 saturated carbocycles. The molecule has 1 aliphatic rings. The Kier molecular flexibility index (Phi) is 6.54. The highest BCUT2D eigenvalue weighted by Crippen LogP contribution is 2.27. The van der Waals surface area contributed by atoms with E-state index in [-0.39, 0.29) is 11.8 Å². The van der Waals surface area contributed by atoms with Crippen LogP contribution in [0.5, 0.6) is 5.88 Å². The molecule has 32 heavy (non-hydrogen) atoms. The predicted molar refractivity (Wildman–Crippen MR) is 127 cm³/mol. The minimum absolute atomic E-state index is 0.253. The number of anilines is 2. The van der Waals surface area contributed by atoms with Gasteiger partial charge in [-0.25, -0.2) is 4.98 Å². The summed E-state index contributed by atoms with van der Waals surface area (Å²) in [5.41, 5.74) is 5.26. The van der Waals surface area contributed by atoms with E-state index in [4.69, 9.17) is 4.74 Å². The molecule has 0 radical (unpaired) electrons. The van der Waals surface area contributed by atoms with Crippen LogP contribution >= 0.6 is 0 Å². The number of rotatable bonds is 6. The Balaban J connectivity index is 1.42. The molecule has 2 heterocycles. The fourth-order valence-corrected chi connectivity index (χ4v) is 4.13. The highest BCUT2D eigenvalue weighted by atomic mass is 16.5. The van der Waals surface area contributed by atoms with E-state index < -0.39 is 0 Å². The SMILES string of the molecule is COc1nc(N2CCN(c3c(C)cccc3C)CC2)ncc1C(=O)NCc1ccccc1. The maximum atomic E-state index is 12.7. The van der Waals surface area contributed by atoms with Gasteiger partial charge in [0.05, 0.1) is 7.11 Å². The van der Waals surface area contributed by atoms with Crippen LogP contribution in [0.25, 0.3) is 0 Å². The summed E-state index contributed by atoms with van der Waals surface area (Å²) in [7, 11) is 1.53. The van der Waals surface area contributed by atoms with Crippen LogP contribution in [0.15, 0.2) is 54.7 Å². The number of nitrogens with one attached hydrogen (secondary N) is 1. The summed E-state index contributed by atoms with van der Waals surface area (Å²) in [6.45, 7) is 8.12. The Morgan fingerprint density at radius 2 is 1.62 bits per heavy atom. The number of carbonyl (C=O) groups excluding carboxylic acids is 1. The molecule has 1 N–H and O–H groups in total. The summed E-state index contributed by atoms with van der Waals surface area (Å²) in [4.78, 5) is 26.2. The first-order valence-corrected chi connectivity index (χ1v) is 10.9. The van der Waals surface area contributed by atoms with Crippen LogP contribution in [0.4, 0.5) is 11.6 Å². The minimum Gasteiger partial charge on any atom is -0.480 e. The number of methoxy groups -OCH3 is 1. The van der Waals surface area contributed by atoms with Gasteiger partial charge in [0, 0.05) is 44.6 Å². The van der Waals surface area contributed by atoms with E-state index in [2.05, 4.69) is 57.1 Å². The van der Waals surface area contributed by atoms with Crippen molar-refractivity contribution in [3.8, 4) is 5.88 Å². The maximum Gasteiger partial charge on any atom is 0.258 e. The molecule has 1 fully saturated rings. The molecular formula is C25H29N5O2. The van der Waals surface area contributed by atoms with Gasteiger partial charge >= 0.3 is 0 Å². The molecule has 7 heteroatoms. The van der Waals surface area contributed by atoms with Crippen molar-refractivity contribution in [2.24, 2.45) is 0 Å². The van der Waals surface area contributed by atoms with E-state index in [1.807, 2.05) is 30.3 Å². The Morgan fingerprint density at radius 1 is 0.969 bits per heavy atom. The smallest absolute Gasteiger partial charge is 0.258 e. The van der Waals surface area contributed by atoms with Gasteiger partial charge in [-0.05, 0) is 30.5 Å². The van der Waals surface area contributed by atoms with Gasteiger partial charge in [0.25, 0.3) is 5.91 Å². The Morgan fingerprint density at radius 3 is 2.28 bits per heavy atom. The van der Waals surface area contributed by atoms with E-state index in [1.54, 1.807) is 6.20 Å². The number of aromatic nitrogens is 2. The van der Waals surface area contributed by atoms with Crippen LogP contribution < -0.4 is 19.9 Å². The lowest BCUT2D eigenvalue weighted by molar-refractivity contribution is 0.0946. The molecule has 0 unspecified atom stereocenters. The van der Waals surface area contributed by atoms with Gasteiger partial charge in [-0.1, -0.05) is 48.5 Å². The van der Waals surface area contributed by atoms with E-state index in [0.717, 1.165) is 31.7 Å². The fourth-order valence-electron chi connectivity index (χ4n) is 4.13. The van der Waals surface area contributed by atoms with E-state index in [1.165, 1.54) is 23.9 Å². The molecule has 2 aromatic carbocycles. The summed E-state index contributed by atoms with van der Waals surface area (Å²) >= 11 is 0. The lowest BCUT2D eigenvalue weighted by atomic mass is 10.1. The third-order valence-electron chi connectivity index (χ3n) is 5.79. The van der Waals surface area contributed by atoms with Gasteiger partial charge in [-0.3, -0.25) is 4.79 Å². The third-order valence-corrected chi connectivity index (χ3v) is 5.79. The van der Waals surface area contributed by atoms with Crippen LogP contribution in [-0.4, -0.2) is 49.2 Å². The predicted octanol–water partition coefficient (Wildman–Crippen LogP) is 3.36. The van der Waals surface area contributed by atoms with Crippen LogP contribution in [0, 0.1) is 13.8 Å². The topological polar surface area (TPSA) is 70.6 Å². The number of benzene rings is 2. The zero-order valence-electron chi connectivity index (χ0n) is 18.8. The van der Waals surface area contributed by atoms with Crippen LogP contribution in [0.2, 0.25) is 0 Å². The van der Waals surface area contributed by atoms with Crippen molar-refractivity contribution < 1.29 is 9.53 Å². The average molecular weight is 432 g/mol. The molecule has 1 aliphatic heterocycles. The molecule has 7 nitrogen and oxygen atoms in total. The molecule has 4 rings (SSSR count). The van der Waals surface area contributed by atoms with E-state index in [9.17, 15) is 4.79 Å². The number of hydrogen-bond donors (Lipinski definition) is 1. The van der Waals surface area contributed by atoms with Crippen LogP contribution in [0.3, 0.4) is 0 Å². The van der Waals surface area contributed by atoms with Crippen molar-refractivity contribution >= 4 is 17.5 Å². The Hall–Kier alpha value is -3.61. The first-order chi connectivity index (χ1) is 15.6. The van der Waals surface area contributed by atoms with Crippen LogP contribution in [-0.2, 0) is 6.54 Å².